The molecule has 0 aliphatic carbocycles. The molecule has 0 saturated carbocycles. The van der Waals surface area contributed by atoms with Gasteiger partial charge in [0, 0.05) is 18.8 Å². The fourth-order valence-electron chi connectivity index (χ4n) is 3.23. The molecule has 2 aromatic rings. The van der Waals surface area contributed by atoms with E-state index in [1.807, 2.05) is 31.7 Å². The molecule has 1 atom stereocenters. The fourth-order valence-corrected chi connectivity index (χ4v) is 3.40. The van der Waals surface area contributed by atoms with Crippen molar-refractivity contribution in [2.24, 2.45) is 0 Å². The van der Waals surface area contributed by atoms with Crippen molar-refractivity contribution in [2.75, 3.05) is 18.0 Å². The Kier molecular flexibility index (Phi) is 5.94. The van der Waals surface area contributed by atoms with Crippen molar-refractivity contribution >= 4 is 29.2 Å². The highest BCUT2D eigenvalue weighted by Gasteiger charge is 2.34. The topological polar surface area (TPSA) is 69.5 Å². The van der Waals surface area contributed by atoms with Crippen LogP contribution >= 0.6 is 11.6 Å². The summed E-state index contributed by atoms with van der Waals surface area (Å²) in [4.78, 5) is 20.4. The lowest BCUT2D eigenvalue weighted by Crippen LogP contribution is -2.39. The Morgan fingerprint density at radius 1 is 1.38 bits per heavy atom. The van der Waals surface area contributed by atoms with Crippen LogP contribution in [0.4, 0.5) is 20.7 Å². The van der Waals surface area contributed by atoms with Gasteiger partial charge in [-0.3, -0.25) is 0 Å². The zero-order valence-electron chi connectivity index (χ0n) is 16.5. The monoisotopic (exact) mass is 416 g/mol. The van der Waals surface area contributed by atoms with Gasteiger partial charge in [-0.05, 0) is 57.5 Å². The first-order valence-corrected chi connectivity index (χ1v) is 9.65. The molecule has 8 heteroatoms. The molecule has 1 amide bonds. The second-order valence-electron chi connectivity index (χ2n) is 7.83. The lowest BCUT2D eigenvalue weighted by atomic mass is 10.1. The van der Waals surface area contributed by atoms with E-state index in [4.69, 9.17) is 16.3 Å². The number of ether oxygens (including phenoxy) is 1. The molecule has 1 aliphatic heterocycles. The number of halogens is 2. The van der Waals surface area contributed by atoms with Gasteiger partial charge in [0.25, 0.3) is 0 Å². The Morgan fingerprint density at radius 2 is 2.14 bits per heavy atom. The third kappa shape index (κ3) is 4.96. The van der Waals surface area contributed by atoms with Crippen molar-refractivity contribution in [2.45, 2.75) is 38.8 Å². The van der Waals surface area contributed by atoms with Crippen molar-refractivity contribution in [3.05, 3.63) is 52.9 Å². The van der Waals surface area contributed by atoms with E-state index >= 15 is 0 Å². The molecule has 1 fully saturated rings. The van der Waals surface area contributed by atoms with Crippen LogP contribution in [0.25, 0.3) is 0 Å². The number of aromatic nitrogens is 1. The lowest BCUT2D eigenvalue weighted by Gasteiger charge is -2.31. The van der Waals surface area contributed by atoms with Crippen LogP contribution in [-0.2, 0) is 4.74 Å². The molecule has 2 heterocycles. The third-order valence-corrected chi connectivity index (χ3v) is 4.75. The van der Waals surface area contributed by atoms with Crippen LogP contribution in [0.3, 0.4) is 0 Å². The maximum atomic E-state index is 13.7. The van der Waals surface area contributed by atoms with Crippen LogP contribution in [0.5, 0.6) is 0 Å². The van der Waals surface area contributed by atoms with E-state index in [0.717, 1.165) is 0 Å². The highest BCUT2D eigenvalue weighted by Crippen LogP contribution is 2.33. The Bertz CT molecular complexity index is 954. The minimum atomic E-state index is -0.581. The smallest absolute Gasteiger partial charge is 0.410 e. The van der Waals surface area contributed by atoms with Gasteiger partial charge in [0.15, 0.2) is 0 Å². The maximum absolute atomic E-state index is 13.7. The molecular formula is C21H22ClFN4O2. The highest BCUT2D eigenvalue weighted by atomic mass is 35.5. The number of nitrogens with zero attached hydrogens (tertiary/aromatic N) is 4. The van der Waals surface area contributed by atoms with Crippen molar-refractivity contribution in [1.29, 1.82) is 5.26 Å². The first-order chi connectivity index (χ1) is 13.7. The molecule has 1 aromatic carbocycles. The number of rotatable bonds is 3. The SMILES string of the molecule is CC(C)(C)OC(=O)N1CCC(N(c2ccc(F)c(Cl)c2)c2cccc(C#N)n2)C1. The summed E-state index contributed by atoms with van der Waals surface area (Å²) in [7, 11) is 0. The Labute approximate surface area is 174 Å². The summed E-state index contributed by atoms with van der Waals surface area (Å²) >= 11 is 6.00. The van der Waals surface area contributed by atoms with Gasteiger partial charge < -0.3 is 14.5 Å². The Hall–Kier alpha value is -2.85. The van der Waals surface area contributed by atoms with E-state index in [-0.39, 0.29) is 22.9 Å². The van der Waals surface area contributed by atoms with E-state index in [9.17, 15) is 14.4 Å². The van der Waals surface area contributed by atoms with E-state index in [1.165, 1.54) is 12.1 Å². The van der Waals surface area contributed by atoms with E-state index in [0.29, 0.717) is 31.0 Å². The molecule has 6 nitrogen and oxygen atoms in total. The lowest BCUT2D eigenvalue weighted by molar-refractivity contribution is 0.0293. The average Bonchev–Trinajstić information content (AvgIpc) is 3.13. The van der Waals surface area contributed by atoms with Gasteiger partial charge in [-0.15, -0.1) is 0 Å². The molecule has 1 saturated heterocycles. The summed E-state index contributed by atoms with van der Waals surface area (Å²) in [5.74, 6) is 0.0127. The number of likely N-dealkylation sites (tertiary alicyclic amines) is 1. The summed E-state index contributed by atoms with van der Waals surface area (Å²) in [6.45, 7) is 6.39. The van der Waals surface area contributed by atoms with Crippen LogP contribution in [0.2, 0.25) is 5.02 Å². The molecule has 3 rings (SSSR count). The third-order valence-electron chi connectivity index (χ3n) is 4.46. The summed E-state index contributed by atoms with van der Waals surface area (Å²) in [5.41, 5.74) is 0.319. The van der Waals surface area contributed by atoms with Crippen LogP contribution in [-0.4, -0.2) is 40.7 Å². The zero-order chi connectivity index (χ0) is 21.2. The average molecular weight is 417 g/mol. The van der Waals surface area contributed by atoms with Gasteiger partial charge in [-0.25, -0.2) is 14.2 Å². The van der Waals surface area contributed by atoms with E-state index in [1.54, 1.807) is 29.2 Å². The van der Waals surface area contributed by atoms with E-state index in [2.05, 4.69) is 4.98 Å². The molecule has 0 spiro atoms. The largest absolute Gasteiger partial charge is 0.444 e. The van der Waals surface area contributed by atoms with Gasteiger partial charge in [0.1, 0.15) is 29.0 Å². The number of anilines is 2. The number of carbonyl (C=O) groups is 1. The first-order valence-electron chi connectivity index (χ1n) is 9.27. The van der Waals surface area contributed by atoms with Gasteiger partial charge in [-0.2, -0.15) is 5.26 Å². The highest BCUT2D eigenvalue weighted by molar-refractivity contribution is 6.31. The van der Waals surface area contributed by atoms with Crippen molar-refractivity contribution in [1.82, 2.24) is 9.88 Å². The molecule has 0 bridgehead atoms. The van der Waals surface area contributed by atoms with Crippen molar-refractivity contribution in [3.8, 4) is 6.07 Å². The second kappa shape index (κ2) is 8.26. The molecular weight excluding hydrogens is 395 g/mol. The molecule has 1 aromatic heterocycles. The predicted molar refractivity (Wildman–Crippen MR) is 109 cm³/mol. The van der Waals surface area contributed by atoms with Crippen LogP contribution in [0.15, 0.2) is 36.4 Å². The van der Waals surface area contributed by atoms with Crippen LogP contribution < -0.4 is 4.90 Å². The first kappa shape index (κ1) is 20.9. The van der Waals surface area contributed by atoms with Gasteiger partial charge in [0.2, 0.25) is 0 Å². The molecule has 1 unspecified atom stereocenters. The van der Waals surface area contributed by atoms with Gasteiger partial charge in [-0.1, -0.05) is 17.7 Å². The number of hydrogen-bond donors (Lipinski definition) is 0. The van der Waals surface area contributed by atoms with Crippen molar-refractivity contribution < 1.29 is 13.9 Å². The standard InChI is InChI=1S/C21H22ClFN4O2/c1-21(2,3)29-20(28)26-10-9-16(13-26)27(15-7-8-18(23)17(22)11-15)19-6-4-5-14(12-24)25-19/h4-8,11,16H,9-10,13H2,1-3H3. The summed E-state index contributed by atoms with van der Waals surface area (Å²) in [6, 6.07) is 11.4. The Balaban J connectivity index is 1.93. The fraction of sp³-hybridized carbons (Fsp3) is 0.381. The number of benzene rings is 1. The summed E-state index contributed by atoms with van der Waals surface area (Å²) in [5, 5.41) is 9.20. The number of pyridine rings is 1. The zero-order valence-corrected chi connectivity index (χ0v) is 17.3. The van der Waals surface area contributed by atoms with E-state index < -0.39 is 11.4 Å². The Morgan fingerprint density at radius 3 is 2.79 bits per heavy atom. The minimum Gasteiger partial charge on any atom is -0.444 e. The summed E-state index contributed by atoms with van der Waals surface area (Å²) < 4.78 is 19.2. The molecule has 0 N–H and O–H groups in total. The van der Waals surface area contributed by atoms with Gasteiger partial charge >= 0.3 is 6.09 Å². The van der Waals surface area contributed by atoms with Crippen molar-refractivity contribution in [3.63, 3.8) is 0 Å². The molecule has 152 valence electrons. The minimum absolute atomic E-state index is 0.00840. The predicted octanol–water partition coefficient (Wildman–Crippen LogP) is 4.89. The number of hydrogen-bond acceptors (Lipinski definition) is 5. The summed E-state index contributed by atoms with van der Waals surface area (Å²) in [6.07, 6.45) is 0.281. The number of carbonyl (C=O) groups excluding carboxylic acids is 1. The second-order valence-corrected chi connectivity index (χ2v) is 8.24. The molecule has 1 aliphatic rings. The van der Waals surface area contributed by atoms with Gasteiger partial charge in [0.05, 0.1) is 11.1 Å². The quantitative estimate of drug-likeness (QED) is 0.712. The number of nitriles is 1. The van der Waals surface area contributed by atoms with Crippen LogP contribution in [0.1, 0.15) is 32.9 Å². The normalized spacial score (nSPS) is 16.4. The molecule has 29 heavy (non-hydrogen) atoms. The molecule has 0 radical (unpaired) electrons. The van der Waals surface area contributed by atoms with Crippen LogP contribution in [0, 0.1) is 17.1 Å². The maximum Gasteiger partial charge on any atom is 0.410 e. The number of amides is 1.